The Kier molecular flexibility index (Phi) is 3.28. The SMILES string of the molecule is Cc1cc(-c2cc(=O)[nH]c(C(C)C)n2)ccc1F. The number of H-pyrrole nitrogens is 1. The maximum atomic E-state index is 13.2. The summed E-state index contributed by atoms with van der Waals surface area (Å²) in [7, 11) is 0. The van der Waals surface area contributed by atoms with Crippen molar-refractivity contribution in [1.29, 1.82) is 0 Å². The van der Waals surface area contributed by atoms with Crippen LogP contribution >= 0.6 is 0 Å². The molecule has 0 fully saturated rings. The predicted molar refractivity (Wildman–Crippen MR) is 69.1 cm³/mol. The van der Waals surface area contributed by atoms with Crippen LogP contribution in [0.5, 0.6) is 0 Å². The first-order valence-corrected chi connectivity index (χ1v) is 5.85. The Labute approximate surface area is 105 Å². The lowest BCUT2D eigenvalue weighted by Gasteiger charge is -2.07. The van der Waals surface area contributed by atoms with Gasteiger partial charge in [-0.3, -0.25) is 4.79 Å². The van der Waals surface area contributed by atoms with Gasteiger partial charge in [0.2, 0.25) is 0 Å². The average molecular weight is 246 g/mol. The third-order valence-electron chi connectivity index (χ3n) is 2.76. The van der Waals surface area contributed by atoms with E-state index in [2.05, 4.69) is 9.97 Å². The van der Waals surface area contributed by atoms with Gasteiger partial charge >= 0.3 is 0 Å². The molecule has 0 spiro atoms. The summed E-state index contributed by atoms with van der Waals surface area (Å²) in [6, 6.07) is 6.15. The normalized spacial score (nSPS) is 10.9. The molecule has 1 N–H and O–H groups in total. The van der Waals surface area contributed by atoms with Gasteiger partial charge in [0.15, 0.2) is 0 Å². The van der Waals surface area contributed by atoms with Crippen molar-refractivity contribution in [2.45, 2.75) is 26.7 Å². The summed E-state index contributed by atoms with van der Waals surface area (Å²) >= 11 is 0. The third kappa shape index (κ3) is 2.47. The fourth-order valence-electron chi connectivity index (χ4n) is 1.70. The fraction of sp³-hybridized carbons (Fsp3) is 0.286. The molecule has 0 bridgehead atoms. The highest BCUT2D eigenvalue weighted by Gasteiger charge is 2.08. The van der Waals surface area contributed by atoms with Crippen LogP contribution < -0.4 is 5.56 Å². The number of aromatic amines is 1. The van der Waals surface area contributed by atoms with Crippen molar-refractivity contribution in [2.24, 2.45) is 0 Å². The Morgan fingerprint density at radius 2 is 2.00 bits per heavy atom. The van der Waals surface area contributed by atoms with Gasteiger partial charge in [-0.25, -0.2) is 9.37 Å². The standard InChI is InChI=1S/C14H15FN2O/c1-8(2)14-16-12(7-13(18)17-14)10-4-5-11(15)9(3)6-10/h4-8H,1-3H3,(H,16,17,18). The Bertz CT molecular complexity index is 632. The van der Waals surface area contributed by atoms with Crippen LogP contribution in [0, 0.1) is 12.7 Å². The van der Waals surface area contributed by atoms with Gasteiger partial charge < -0.3 is 4.98 Å². The quantitative estimate of drug-likeness (QED) is 0.885. The molecule has 18 heavy (non-hydrogen) atoms. The molecule has 0 saturated heterocycles. The zero-order valence-electron chi connectivity index (χ0n) is 10.6. The lowest BCUT2D eigenvalue weighted by molar-refractivity contribution is 0.618. The van der Waals surface area contributed by atoms with E-state index in [1.807, 2.05) is 13.8 Å². The summed E-state index contributed by atoms with van der Waals surface area (Å²) in [5.41, 5.74) is 1.68. The molecule has 0 saturated carbocycles. The first-order valence-electron chi connectivity index (χ1n) is 5.85. The smallest absolute Gasteiger partial charge is 0.251 e. The summed E-state index contributed by atoms with van der Waals surface area (Å²) in [5, 5.41) is 0. The van der Waals surface area contributed by atoms with Crippen LogP contribution in [-0.2, 0) is 0 Å². The van der Waals surface area contributed by atoms with Crippen LogP contribution in [0.4, 0.5) is 4.39 Å². The molecule has 1 heterocycles. The van der Waals surface area contributed by atoms with E-state index in [0.717, 1.165) is 5.56 Å². The molecular formula is C14H15FN2O. The second kappa shape index (κ2) is 4.72. The van der Waals surface area contributed by atoms with Gasteiger partial charge in [-0.2, -0.15) is 0 Å². The number of nitrogens with zero attached hydrogens (tertiary/aromatic N) is 1. The van der Waals surface area contributed by atoms with Crippen LogP contribution in [0.1, 0.15) is 31.2 Å². The largest absolute Gasteiger partial charge is 0.310 e. The molecule has 4 heteroatoms. The Morgan fingerprint density at radius 3 is 2.61 bits per heavy atom. The molecule has 0 amide bonds. The maximum absolute atomic E-state index is 13.2. The molecular weight excluding hydrogens is 231 g/mol. The maximum Gasteiger partial charge on any atom is 0.251 e. The number of rotatable bonds is 2. The average Bonchev–Trinajstić information content (AvgIpc) is 2.31. The lowest BCUT2D eigenvalue weighted by Crippen LogP contribution is -2.12. The van der Waals surface area contributed by atoms with Crippen molar-refractivity contribution in [1.82, 2.24) is 9.97 Å². The van der Waals surface area contributed by atoms with Gasteiger partial charge in [0.25, 0.3) is 5.56 Å². The number of hydrogen-bond acceptors (Lipinski definition) is 2. The molecule has 1 aromatic carbocycles. The molecule has 0 unspecified atom stereocenters. The Morgan fingerprint density at radius 1 is 1.28 bits per heavy atom. The van der Waals surface area contributed by atoms with Crippen molar-refractivity contribution in [3.63, 3.8) is 0 Å². The number of aryl methyl sites for hydroxylation is 1. The van der Waals surface area contributed by atoms with Crippen molar-refractivity contribution in [3.05, 3.63) is 51.8 Å². The van der Waals surface area contributed by atoms with E-state index >= 15 is 0 Å². The predicted octanol–water partition coefficient (Wildman–Crippen LogP) is 3.01. The van der Waals surface area contributed by atoms with Gasteiger partial charge in [0.05, 0.1) is 5.69 Å². The highest BCUT2D eigenvalue weighted by molar-refractivity contribution is 5.59. The van der Waals surface area contributed by atoms with Crippen molar-refractivity contribution >= 4 is 0 Å². The molecule has 0 aliphatic carbocycles. The van der Waals surface area contributed by atoms with Crippen LogP contribution in [0.15, 0.2) is 29.1 Å². The van der Waals surface area contributed by atoms with E-state index in [-0.39, 0.29) is 17.3 Å². The Balaban J connectivity index is 2.56. The fourth-order valence-corrected chi connectivity index (χ4v) is 1.70. The van der Waals surface area contributed by atoms with E-state index in [1.165, 1.54) is 12.1 Å². The molecule has 94 valence electrons. The topological polar surface area (TPSA) is 45.8 Å². The second-order valence-electron chi connectivity index (χ2n) is 4.63. The molecule has 0 atom stereocenters. The Hall–Kier alpha value is -1.97. The summed E-state index contributed by atoms with van der Waals surface area (Å²) < 4.78 is 13.2. The highest BCUT2D eigenvalue weighted by atomic mass is 19.1. The number of aromatic nitrogens is 2. The molecule has 2 rings (SSSR count). The third-order valence-corrected chi connectivity index (χ3v) is 2.76. The summed E-state index contributed by atoms with van der Waals surface area (Å²) in [6.45, 7) is 5.60. The van der Waals surface area contributed by atoms with Crippen LogP contribution in [-0.4, -0.2) is 9.97 Å². The van der Waals surface area contributed by atoms with Gasteiger partial charge in [0, 0.05) is 17.5 Å². The zero-order chi connectivity index (χ0) is 13.3. The van der Waals surface area contributed by atoms with E-state index in [0.29, 0.717) is 17.1 Å². The van der Waals surface area contributed by atoms with Gasteiger partial charge in [-0.05, 0) is 30.7 Å². The van der Waals surface area contributed by atoms with Gasteiger partial charge in [-0.15, -0.1) is 0 Å². The minimum Gasteiger partial charge on any atom is -0.310 e. The first-order chi connectivity index (χ1) is 8.47. The molecule has 2 aromatic rings. The van der Waals surface area contributed by atoms with Crippen molar-refractivity contribution in [3.8, 4) is 11.3 Å². The lowest BCUT2D eigenvalue weighted by atomic mass is 10.1. The molecule has 3 nitrogen and oxygen atoms in total. The molecule has 0 aliphatic rings. The summed E-state index contributed by atoms with van der Waals surface area (Å²) in [4.78, 5) is 18.7. The van der Waals surface area contributed by atoms with E-state index < -0.39 is 0 Å². The van der Waals surface area contributed by atoms with Crippen LogP contribution in [0.25, 0.3) is 11.3 Å². The molecule has 0 radical (unpaired) electrons. The monoisotopic (exact) mass is 246 g/mol. The van der Waals surface area contributed by atoms with Crippen LogP contribution in [0.3, 0.4) is 0 Å². The van der Waals surface area contributed by atoms with Crippen molar-refractivity contribution < 1.29 is 4.39 Å². The first kappa shape index (κ1) is 12.5. The van der Waals surface area contributed by atoms with E-state index in [9.17, 15) is 9.18 Å². The van der Waals surface area contributed by atoms with Crippen molar-refractivity contribution in [2.75, 3.05) is 0 Å². The number of benzene rings is 1. The number of nitrogens with one attached hydrogen (secondary N) is 1. The van der Waals surface area contributed by atoms with Gasteiger partial charge in [-0.1, -0.05) is 13.8 Å². The summed E-state index contributed by atoms with van der Waals surface area (Å²) in [6.07, 6.45) is 0. The highest BCUT2D eigenvalue weighted by Crippen LogP contribution is 2.20. The van der Waals surface area contributed by atoms with Gasteiger partial charge in [0.1, 0.15) is 11.6 Å². The number of hydrogen-bond donors (Lipinski definition) is 1. The minimum atomic E-state index is -0.257. The second-order valence-corrected chi connectivity index (χ2v) is 4.63. The van der Waals surface area contributed by atoms with E-state index in [1.54, 1.807) is 19.1 Å². The summed E-state index contributed by atoms with van der Waals surface area (Å²) in [5.74, 6) is 0.520. The van der Waals surface area contributed by atoms with Crippen LogP contribution in [0.2, 0.25) is 0 Å². The number of halogens is 1. The molecule has 1 aromatic heterocycles. The minimum absolute atomic E-state index is 0.138. The van der Waals surface area contributed by atoms with E-state index in [4.69, 9.17) is 0 Å². The molecule has 0 aliphatic heterocycles. The zero-order valence-corrected chi connectivity index (χ0v) is 10.6.